The van der Waals surface area contributed by atoms with Gasteiger partial charge in [-0.2, -0.15) is 5.26 Å². The Morgan fingerprint density at radius 1 is 1.18 bits per heavy atom. The third-order valence-electron chi connectivity index (χ3n) is 3.16. The fourth-order valence-corrected chi connectivity index (χ4v) is 2.22. The Hall–Kier alpha value is -2.71. The van der Waals surface area contributed by atoms with Gasteiger partial charge in [0.25, 0.3) is 0 Å². The molecule has 4 nitrogen and oxygen atoms in total. The lowest BCUT2D eigenvalue weighted by Crippen LogP contribution is -2.35. The van der Waals surface area contributed by atoms with Gasteiger partial charge in [0.15, 0.2) is 5.11 Å². The van der Waals surface area contributed by atoms with Crippen molar-refractivity contribution in [2.24, 2.45) is 0 Å². The Bertz CT molecular complexity index is 750. The van der Waals surface area contributed by atoms with Gasteiger partial charge in [0.2, 0.25) is 5.91 Å². The molecule has 0 aliphatic heterocycles. The fourth-order valence-electron chi connectivity index (χ4n) is 2.00. The van der Waals surface area contributed by atoms with Crippen LogP contribution in [0.1, 0.15) is 16.7 Å². The number of nitriles is 1. The van der Waals surface area contributed by atoms with Crippen molar-refractivity contribution in [2.75, 3.05) is 5.32 Å². The van der Waals surface area contributed by atoms with Crippen LogP contribution in [0.5, 0.6) is 0 Å². The molecule has 0 unspecified atom stereocenters. The molecule has 0 aliphatic rings. The number of anilines is 1. The second-order valence-electron chi connectivity index (χ2n) is 4.76. The molecular weight excluding hydrogens is 294 g/mol. The quantitative estimate of drug-likeness (QED) is 0.856. The maximum absolute atomic E-state index is 12.0. The molecule has 22 heavy (non-hydrogen) atoms. The highest BCUT2D eigenvalue weighted by atomic mass is 32.1. The van der Waals surface area contributed by atoms with Crippen molar-refractivity contribution in [3.05, 3.63) is 65.2 Å². The van der Waals surface area contributed by atoms with E-state index in [9.17, 15) is 4.79 Å². The molecule has 2 N–H and O–H groups in total. The molecule has 0 atom stereocenters. The minimum atomic E-state index is -0.193. The molecule has 2 aromatic carbocycles. The molecule has 2 aromatic rings. The van der Waals surface area contributed by atoms with Gasteiger partial charge in [0, 0.05) is 0 Å². The lowest BCUT2D eigenvalue weighted by molar-refractivity contribution is -0.119. The van der Waals surface area contributed by atoms with Gasteiger partial charge in [-0.25, -0.2) is 0 Å². The van der Waals surface area contributed by atoms with E-state index in [2.05, 4.69) is 16.7 Å². The zero-order valence-electron chi connectivity index (χ0n) is 12.1. The number of aryl methyl sites for hydroxylation is 1. The van der Waals surface area contributed by atoms with Gasteiger partial charge in [0.1, 0.15) is 6.07 Å². The first kappa shape index (κ1) is 15.7. The van der Waals surface area contributed by atoms with Crippen molar-refractivity contribution in [3.63, 3.8) is 0 Å². The Morgan fingerprint density at radius 2 is 1.86 bits per heavy atom. The summed E-state index contributed by atoms with van der Waals surface area (Å²) in [5.74, 6) is -0.193. The van der Waals surface area contributed by atoms with Crippen molar-refractivity contribution in [3.8, 4) is 6.07 Å². The van der Waals surface area contributed by atoms with Gasteiger partial charge < -0.3 is 10.6 Å². The highest BCUT2D eigenvalue weighted by Crippen LogP contribution is 2.13. The molecule has 0 aliphatic carbocycles. The van der Waals surface area contributed by atoms with Crippen molar-refractivity contribution in [2.45, 2.75) is 13.3 Å². The van der Waals surface area contributed by atoms with E-state index in [4.69, 9.17) is 17.5 Å². The number of nitrogens with one attached hydrogen (secondary N) is 2. The zero-order valence-corrected chi connectivity index (χ0v) is 12.9. The number of rotatable bonds is 3. The predicted octanol–water partition coefficient (Wildman–Crippen LogP) is 2.92. The van der Waals surface area contributed by atoms with E-state index in [-0.39, 0.29) is 17.4 Å². The van der Waals surface area contributed by atoms with Crippen LogP contribution in [0.25, 0.3) is 0 Å². The summed E-state index contributed by atoms with van der Waals surface area (Å²) in [6, 6.07) is 16.7. The molecule has 2 rings (SSSR count). The van der Waals surface area contributed by atoms with Crippen LogP contribution in [-0.2, 0) is 11.2 Å². The molecule has 0 fully saturated rings. The van der Waals surface area contributed by atoms with E-state index < -0.39 is 0 Å². The Kier molecular flexibility index (Phi) is 5.23. The first-order chi connectivity index (χ1) is 10.6. The number of thiocarbonyl (C=S) groups is 1. The molecule has 110 valence electrons. The Balaban J connectivity index is 1.96. The lowest BCUT2D eigenvalue weighted by Gasteiger charge is -2.11. The van der Waals surface area contributed by atoms with E-state index in [0.717, 1.165) is 11.1 Å². The van der Waals surface area contributed by atoms with Crippen molar-refractivity contribution in [1.82, 2.24) is 5.32 Å². The summed E-state index contributed by atoms with van der Waals surface area (Å²) >= 11 is 5.12. The molecule has 0 heterocycles. The zero-order chi connectivity index (χ0) is 15.9. The van der Waals surface area contributed by atoms with E-state index in [0.29, 0.717) is 11.3 Å². The number of carbonyl (C=O) groups is 1. The Morgan fingerprint density at radius 3 is 2.59 bits per heavy atom. The van der Waals surface area contributed by atoms with Gasteiger partial charge in [0.05, 0.1) is 17.7 Å². The van der Waals surface area contributed by atoms with E-state index in [1.807, 2.05) is 31.2 Å². The van der Waals surface area contributed by atoms with Crippen LogP contribution in [0.3, 0.4) is 0 Å². The smallest absolute Gasteiger partial charge is 0.230 e. The first-order valence-electron chi connectivity index (χ1n) is 6.74. The third-order valence-corrected chi connectivity index (χ3v) is 3.37. The molecule has 0 aromatic heterocycles. The third kappa shape index (κ3) is 4.14. The van der Waals surface area contributed by atoms with Crippen LogP contribution in [0.4, 0.5) is 5.69 Å². The van der Waals surface area contributed by atoms with Crippen LogP contribution in [0.15, 0.2) is 48.5 Å². The summed E-state index contributed by atoms with van der Waals surface area (Å²) in [6.45, 7) is 1.96. The largest absolute Gasteiger partial charge is 0.331 e. The van der Waals surface area contributed by atoms with Gasteiger partial charge in [-0.3, -0.25) is 4.79 Å². The summed E-state index contributed by atoms with van der Waals surface area (Å²) in [5.41, 5.74) is 3.07. The summed E-state index contributed by atoms with van der Waals surface area (Å²) in [6.07, 6.45) is 0.258. The molecule has 0 saturated carbocycles. The Labute approximate surface area is 134 Å². The topological polar surface area (TPSA) is 64.9 Å². The molecule has 0 bridgehead atoms. The minimum absolute atomic E-state index is 0.182. The number of amides is 1. The summed E-state index contributed by atoms with van der Waals surface area (Å²) in [4.78, 5) is 12.0. The minimum Gasteiger partial charge on any atom is -0.331 e. The highest BCUT2D eigenvalue weighted by Gasteiger charge is 2.09. The number of hydrogen-bond donors (Lipinski definition) is 2. The summed E-state index contributed by atoms with van der Waals surface area (Å²) in [5, 5.41) is 14.7. The van der Waals surface area contributed by atoms with Gasteiger partial charge in [-0.05, 0) is 42.4 Å². The van der Waals surface area contributed by atoms with Gasteiger partial charge in [-0.1, -0.05) is 36.4 Å². The first-order valence-corrected chi connectivity index (χ1v) is 7.15. The van der Waals surface area contributed by atoms with Gasteiger partial charge in [-0.15, -0.1) is 0 Å². The van der Waals surface area contributed by atoms with E-state index in [1.54, 1.807) is 24.3 Å². The highest BCUT2D eigenvalue weighted by molar-refractivity contribution is 7.80. The standard InChI is InChI=1S/C17H15N3OS/c1-12-6-2-3-7-13(12)10-16(21)20-17(22)19-15-9-5-4-8-14(15)11-18/h2-9H,10H2,1H3,(H2,19,20,21,22). The molecule has 0 saturated heterocycles. The second kappa shape index (κ2) is 7.34. The average Bonchev–Trinajstić information content (AvgIpc) is 2.50. The van der Waals surface area contributed by atoms with Crippen molar-refractivity contribution in [1.29, 1.82) is 5.26 Å². The monoisotopic (exact) mass is 309 g/mol. The molecule has 5 heteroatoms. The number of nitrogens with zero attached hydrogens (tertiary/aromatic N) is 1. The lowest BCUT2D eigenvalue weighted by atomic mass is 10.1. The molecule has 0 spiro atoms. The van der Waals surface area contributed by atoms with E-state index in [1.165, 1.54) is 0 Å². The second-order valence-corrected chi connectivity index (χ2v) is 5.17. The fraction of sp³-hybridized carbons (Fsp3) is 0.118. The van der Waals surface area contributed by atoms with Crippen LogP contribution < -0.4 is 10.6 Å². The summed E-state index contributed by atoms with van der Waals surface area (Å²) < 4.78 is 0. The summed E-state index contributed by atoms with van der Waals surface area (Å²) in [7, 11) is 0. The maximum atomic E-state index is 12.0. The number of benzene rings is 2. The average molecular weight is 309 g/mol. The molecule has 1 amide bonds. The van der Waals surface area contributed by atoms with Crippen LogP contribution in [-0.4, -0.2) is 11.0 Å². The molecular formula is C17H15N3OS. The van der Waals surface area contributed by atoms with Crippen LogP contribution in [0.2, 0.25) is 0 Å². The molecule has 0 radical (unpaired) electrons. The van der Waals surface area contributed by atoms with Crippen LogP contribution in [0, 0.1) is 18.3 Å². The van der Waals surface area contributed by atoms with E-state index >= 15 is 0 Å². The van der Waals surface area contributed by atoms with Crippen molar-refractivity contribution >= 4 is 28.9 Å². The SMILES string of the molecule is Cc1ccccc1CC(=O)NC(=S)Nc1ccccc1C#N. The predicted molar refractivity (Wildman–Crippen MR) is 90.4 cm³/mol. The number of carbonyl (C=O) groups excluding carboxylic acids is 1. The van der Waals surface area contributed by atoms with Crippen molar-refractivity contribution < 1.29 is 4.79 Å². The van der Waals surface area contributed by atoms with Gasteiger partial charge >= 0.3 is 0 Å². The number of para-hydroxylation sites is 1. The van der Waals surface area contributed by atoms with Crippen LogP contribution >= 0.6 is 12.2 Å². The maximum Gasteiger partial charge on any atom is 0.230 e. The normalized spacial score (nSPS) is 9.64. The number of hydrogen-bond acceptors (Lipinski definition) is 3.